The van der Waals surface area contributed by atoms with Crippen molar-refractivity contribution in [3.63, 3.8) is 0 Å². The Morgan fingerprint density at radius 3 is 1.84 bits per heavy atom. The van der Waals surface area contributed by atoms with E-state index in [1.165, 1.54) is 66.7 Å². The molecule has 8 rings (SSSR count). The lowest BCUT2D eigenvalue weighted by molar-refractivity contribution is 0.660. The summed E-state index contributed by atoms with van der Waals surface area (Å²) >= 11 is 0. The third-order valence-electron chi connectivity index (χ3n) is 9.26. The average molecular weight is 564 g/mol. The maximum atomic E-state index is 2.47. The van der Waals surface area contributed by atoms with Crippen LogP contribution < -0.4 is 4.90 Å². The monoisotopic (exact) mass is 563 g/mol. The number of anilines is 3. The van der Waals surface area contributed by atoms with Crippen LogP contribution in [0.2, 0.25) is 0 Å². The van der Waals surface area contributed by atoms with Gasteiger partial charge in [-0.15, -0.1) is 0 Å². The van der Waals surface area contributed by atoms with Crippen LogP contribution in [0.15, 0.2) is 164 Å². The second-order valence-corrected chi connectivity index (χ2v) is 12.2. The van der Waals surface area contributed by atoms with E-state index in [4.69, 9.17) is 0 Å². The Labute approximate surface area is 259 Å². The van der Waals surface area contributed by atoms with Crippen LogP contribution in [-0.4, -0.2) is 0 Å². The van der Waals surface area contributed by atoms with Gasteiger partial charge in [-0.25, -0.2) is 0 Å². The molecule has 0 radical (unpaired) electrons. The second kappa shape index (κ2) is 10.4. The van der Waals surface area contributed by atoms with Crippen LogP contribution in [0.4, 0.5) is 17.1 Å². The van der Waals surface area contributed by atoms with Crippen molar-refractivity contribution in [1.29, 1.82) is 0 Å². The summed E-state index contributed by atoms with van der Waals surface area (Å²) in [6.07, 6.45) is 0. The molecule has 210 valence electrons. The van der Waals surface area contributed by atoms with Crippen molar-refractivity contribution in [2.45, 2.75) is 19.3 Å². The van der Waals surface area contributed by atoms with Crippen LogP contribution in [0.1, 0.15) is 25.0 Å². The van der Waals surface area contributed by atoms with Crippen molar-refractivity contribution in [2.75, 3.05) is 4.90 Å². The van der Waals surface area contributed by atoms with Gasteiger partial charge in [0, 0.05) is 22.1 Å². The number of fused-ring (bicyclic) bond motifs is 4. The quantitative estimate of drug-likeness (QED) is 0.201. The summed E-state index contributed by atoms with van der Waals surface area (Å²) in [5.41, 5.74) is 13.7. The molecule has 1 nitrogen and oxygen atoms in total. The van der Waals surface area contributed by atoms with Gasteiger partial charge in [0.15, 0.2) is 0 Å². The Balaban J connectivity index is 1.33. The number of hydrogen-bond donors (Lipinski definition) is 0. The molecule has 0 unspecified atom stereocenters. The van der Waals surface area contributed by atoms with Crippen molar-refractivity contribution < 1.29 is 0 Å². The molecule has 1 aliphatic carbocycles. The first-order valence-electron chi connectivity index (χ1n) is 15.4. The third kappa shape index (κ3) is 4.24. The summed E-state index contributed by atoms with van der Waals surface area (Å²) in [5, 5.41) is 2.46. The van der Waals surface area contributed by atoms with E-state index in [2.05, 4.69) is 183 Å². The molecule has 7 aromatic rings. The molecular formula is C43H33N. The zero-order valence-corrected chi connectivity index (χ0v) is 25.0. The minimum Gasteiger partial charge on any atom is -0.309 e. The first-order chi connectivity index (χ1) is 21.6. The lowest BCUT2D eigenvalue weighted by Crippen LogP contribution is -2.16. The molecule has 0 fully saturated rings. The highest BCUT2D eigenvalue weighted by Gasteiger charge is 2.37. The lowest BCUT2D eigenvalue weighted by Gasteiger charge is -2.30. The Morgan fingerprint density at radius 1 is 0.432 bits per heavy atom. The van der Waals surface area contributed by atoms with Gasteiger partial charge in [-0.3, -0.25) is 0 Å². The molecule has 1 heteroatoms. The van der Waals surface area contributed by atoms with Gasteiger partial charge in [0.2, 0.25) is 0 Å². The van der Waals surface area contributed by atoms with E-state index in [0.717, 1.165) is 5.69 Å². The topological polar surface area (TPSA) is 3.24 Å². The van der Waals surface area contributed by atoms with Gasteiger partial charge in [0.1, 0.15) is 0 Å². The maximum absolute atomic E-state index is 2.47. The van der Waals surface area contributed by atoms with Gasteiger partial charge in [0.25, 0.3) is 0 Å². The number of nitrogens with zero attached hydrogens (tertiary/aromatic N) is 1. The zero-order chi connectivity index (χ0) is 29.7. The highest BCUT2D eigenvalue weighted by molar-refractivity contribution is 6.03. The van der Waals surface area contributed by atoms with Gasteiger partial charge in [-0.05, 0) is 68.6 Å². The fourth-order valence-corrected chi connectivity index (χ4v) is 7.04. The molecule has 0 amide bonds. The predicted molar refractivity (Wildman–Crippen MR) is 187 cm³/mol. The third-order valence-corrected chi connectivity index (χ3v) is 9.26. The van der Waals surface area contributed by atoms with Crippen molar-refractivity contribution in [1.82, 2.24) is 0 Å². The summed E-state index contributed by atoms with van der Waals surface area (Å²) < 4.78 is 0. The summed E-state index contributed by atoms with van der Waals surface area (Å²) in [4.78, 5) is 2.47. The van der Waals surface area contributed by atoms with Crippen LogP contribution in [0.25, 0.3) is 44.2 Å². The van der Waals surface area contributed by atoms with Crippen molar-refractivity contribution in [3.8, 4) is 33.4 Å². The Bertz CT molecular complexity index is 2130. The molecule has 0 spiro atoms. The summed E-state index contributed by atoms with van der Waals surface area (Å²) in [6.45, 7) is 4.70. The largest absolute Gasteiger partial charge is 0.309 e. The van der Waals surface area contributed by atoms with Crippen LogP contribution in [0, 0.1) is 0 Å². The lowest BCUT2D eigenvalue weighted by atomic mass is 9.82. The number of benzene rings is 7. The summed E-state index contributed by atoms with van der Waals surface area (Å²) in [5.74, 6) is 0. The maximum Gasteiger partial charge on any atom is 0.0543 e. The highest BCUT2D eigenvalue weighted by Crippen LogP contribution is 2.54. The molecular weight excluding hydrogens is 530 g/mol. The average Bonchev–Trinajstić information content (AvgIpc) is 3.32. The summed E-state index contributed by atoms with van der Waals surface area (Å²) in [6, 6.07) is 59.6. The molecule has 44 heavy (non-hydrogen) atoms. The van der Waals surface area contributed by atoms with Crippen LogP contribution in [0.3, 0.4) is 0 Å². The van der Waals surface area contributed by atoms with Crippen LogP contribution in [-0.2, 0) is 5.41 Å². The fraction of sp³-hybridized carbons (Fsp3) is 0.0698. The molecule has 1 aliphatic rings. The van der Waals surface area contributed by atoms with E-state index in [1.807, 2.05) is 0 Å². The normalized spacial score (nSPS) is 13.0. The molecule has 0 aromatic heterocycles. The van der Waals surface area contributed by atoms with E-state index in [9.17, 15) is 0 Å². The van der Waals surface area contributed by atoms with Crippen LogP contribution >= 0.6 is 0 Å². The molecule has 0 saturated heterocycles. The SMILES string of the molecule is CC1(C)c2ccccc2-c2c(N(c3cccc(-c4ccc(-c5ccccc5)cc4)c3)c3cccc4ccccc34)cccc21. The molecule has 0 N–H and O–H groups in total. The van der Waals surface area contributed by atoms with E-state index in [1.54, 1.807) is 0 Å². The molecule has 0 heterocycles. The minimum absolute atomic E-state index is 0.0747. The standard InChI is InChI=1S/C43H33N/c1-43(2)38-21-9-8-20-37(38)42-39(43)22-12-24-41(42)44(40-23-11-16-33-15-6-7-19-36(33)40)35-18-10-17-34(29-35)32-27-25-31(26-28-32)30-13-4-3-5-14-30/h3-29H,1-2H3. The zero-order valence-electron chi connectivity index (χ0n) is 25.0. The molecule has 0 aliphatic heterocycles. The van der Waals surface area contributed by atoms with Gasteiger partial charge < -0.3 is 4.90 Å². The molecule has 0 saturated carbocycles. The van der Waals surface area contributed by atoms with Crippen molar-refractivity contribution in [3.05, 3.63) is 175 Å². The first kappa shape index (κ1) is 26.2. The van der Waals surface area contributed by atoms with Crippen LogP contribution in [0.5, 0.6) is 0 Å². The number of hydrogen-bond acceptors (Lipinski definition) is 1. The smallest absolute Gasteiger partial charge is 0.0543 e. The van der Waals surface area contributed by atoms with Crippen molar-refractivity contribution >= 4 is 27.8 Å². The summed E-state index contributed by atoms with van der Waals surface area (Å²) in [7, 11) is 0. The van der Waals surface area contributed by atoms with E-state index >= 15 is 0 Å². The van der Waals surface area contributed by atoms with Gasteiger partial charge >= 0.3 is 0 Å². The van der Waals surface area contributed by atoms with Gasteiger partial charge in [-0.2, -0.15) is 0 Å². The Morgan fingerprint density at radius 2 is 1.00 bits per heavy atom. The molecule has 0 bridgehead atoms. The van der Waals surface area contributed by atoms with E-state index in [0.29, 0.717) is 0 Å². The second-order valence-electron chi connectivity index (χ2n) is 12.2. The van der Waals surface area contributed by atoms with Crippen molar-refractivity contribution in [2.24, 2.45) is 0 Å². The van der Waals surface area contributed by atoms with Gasteiger partial charge in [-0.1, -0.05) is 153 Å². The molecule has 0 atom stereocenters. The minimum atomic E-state index is -0.0747. The predicted octanol–water partition coefficient (Wildman–Crippen LogP) is 11.9. The van der Waals surface area contributed by atoms with E-state index < -0.39 is 0 Å². The number of rotatable bonds is 5. The highest BCUT2D eigenvalue weighted by atomic mass is 15.1. The van der Waals surface area contributed by atoms with E-state index in [-0.39, 0.29) is 5.41 Å². The fourth-order valence-electron chi connectivity index (χ4n) is 7.04. The Kier molecular flexibility index (Phi) is 6.20. The first-order valence-corrected chi connectivity index (χ1v) is 15.4. The van der Waals surface area contributed by atoms with Gasteiger partial charge in [0.05, 0.1) is 11.4 Å². The molecule has 7 aromatic carbocycles. The Hall–Kier alpha value is -5.40.